The van der Waals surface area contributed by atoms with Crippen molar-refractivity contribution in [2.24, 2.45) is 11.8 Å². The van der Waals surface area contributed by atoms with Gasteiger partial charge in [-0.2, -0.15) is 0 Å². The summed E-state index contributed by atoms with van der Waals surface area (Å²) >= 11 is 0. The van der Waals surface area contributed by atoms with Crippen LogP contribution in [0.25, 0.3) is 0 Å². The zero-order chi connectivity index (χ0) is 7.56. The van der Waals surface area contributed by atoms with Crippen molar-refractivity contribution in [2.45, 2.75) is 27.2 Å². The van der Waals surface area contributed by atoms with Crippen LogP contribution in [0.2, 0.25) is 0 Å². The molecule has 0 aromatic heterocycles. The third kappa shape index (κ3) is 1.72. The van der Waals surface area contributed by atoms with Crippen molar-refractivity contribution in [2.75, 3.05) is 19.6 Å². The molecule has 0 aromatic rings. The highest BCUT2D eigenvalue weighted by Gasteiger charge is 2.20. The molecule has 1 aliphatic rings. The van der Waals surface area contributed by atoms with Crippen LogP contribution in [0.1, 0.15) is 27.2 Å². The minimum Gasteiger partial charge on any atom is -0.303 e. The maximum Gasteiger partial charge on any atom is 0.000946 e. The minimum absolute atomic E-state index is 0.911. The second-order valence-electron chi connectivity index (χ2n) is 3.64. The molecular formula is C9H19N. The largest absolute Gasteiger partial charge is 0.303 e. The van der Waals surface area contributed by atoms with Crippen LogP contribution in [0.5, 0.6) is 0 Å². The van der Waals surface area contributed by atoms with Crippen LogP contribution < -0.4 is 0 Å². The number of hydrogen-bond acceptors (Lipinski definition) is 1. The van der Waals surface area contributed by atoms with Gasteiger partial charge in [-0.1, -0.05) is 20.8 Å². The van der Waals surface area contributed by atoms with Crippen LogP contribution in [0.15, 0.2) is 0 Å². The van der Waals surface area contributed by atoms with E-state index in [1.165, 1.54) is 26.1 Å². The van der Waals surface area contributed by atoms with Crippen molar-refractivity contribution in [3.05, 3.63) is 0 Å². The Morgan fingerprint density at radius 3 is 2.50 bits per heavy atom. The van der Waals surface area contributed by atoms with Crippen molar-refractivity contribution in [1.29, 1.82) is 0 Å². The molecule has 2 unspecified atom stereocenters. The van der Waals surface area contributed by atoms with Gasteiger partial charge in [-0.15, -0.1) is 0 Å². The average Bonchev–Trinajstić information content (AvgIpc) is 1.95. The van der Waals surface area contributed by atoms with Crippen LogP contribution in [0, 0.1) is 11.8 Å². The van der Waals surface area contributed by atoms with E-state index < -0.39 is 0 Å². The number of rotatable bonds is 1. The lowest BCUT2D eigenvalue weighted by atomic mass is 9.89. The Morgan fingerprint density at radius 2 is 2.00 bits per heavy atom. The second-order valence-corrected chi connectivity index (χ2v) is 3.64. The summed E-state index contributed by atoms with van der Waals surface area (Å²) in [5, 5.41) is 0. The smallest absolute Gasteiger partial charge is 0.000946 e. The van der Waals surface area contributed by atoms with E-state index in [1.807, 2.05) is 0 Å². The van der Waals surface area contributed by atoms with Gasteiger partial charge in [0.05, 0.1) is 0 Å². The van der Waals surface area contributed by atoms with Gasteiger partial charge in [0.2, 0.25) is 0 Å². The molecule has 10 heavy (non-hydrogen) atoms. The Balaban J connectivity index is 2.33. The average molecular weight is 141 g/mol. The summed E-state index contributed by atoms with van der Waals surface area (Å²) in [5.41, 5.74) is 0. The van der Waals surface area contributed by atoms with E-state index in [-0.39, 0.29) is 0 Å². The normalized spacial score (nSPS) is 36.3. The zero-order valence-corrected chi connectivity index (χ0v) is 7.43. The topological polar surface area (TPSA) is 3.24 Å². The summed E-state index contributed by atoms with van der Waals surface area (Å²) in [6, 6.07) is 0. The Morgan fingerprint density at radius 1 is 1.30 bits per heavy atom. The Bertz CT molecular complexity index is 101. The fraction of sp³-hybridized carbons (Fsp3) is 1.00. The van der Waals surface area contributed by atoms with Gasteiger partial charge in [0.25, 0.3) is 0 Å². The molecule has 1 saturated heterocycles. The van der Waals surface area contributed by atoms with E-state index in [1.54, 1.807) is 0 Å². The zero-order valence-electron chi connectivity index (χ0n) is 7.43. The molecule has 1 rings (SSSR count). The molecule has 2 atom stereocenters. The molecule has 0 amide bonds. The third-order valence-electron chi connectivity index (χ3n) is 2.87. The van der Waals surface area contributed by atoms with E-state index in [0.717, 1.165) is 11.8 Å². The van der Waals surface area contributed by atoms with Crippen LogP contribution >= 0.6 is 0 Å². The van der Waals surface area contributed by atoms with Crippen LogP contribution in [-0.2, 0) is 0 Å². The summed E-state index contributed by atoms with van der Waals surface area (Å²) in [4.78, 5) is 2.55. The Kier molecular flexibility index (Phi) is 2.72. The molecule has 1 aliphatic heterocycles. The number of hydrogen-bond donors (Lipinski definition) is 0. The number of nitrogens with zero attached hydrogens (tertiary/aromatic N) is 1. The fourth-order valence-electron chi connectivity index (χ4n) is 1.64. The minimum atomic E-state index is 0.911. The molecule has 0 bridgehead atoms. The third-order valence-corrected chi connectivity index (χ3v) is 2.87. The maximum atomic E-state index is 2.55. The van der Waals surface area contributed by atoms with Crippen LogP contribution in [0.3, 0.4) is 0 Å². The Hall–Kier alpha value is -0.0400. The summed E-state index contributed by atoms with van der Waals surface area (Å²) in [6.45, 7) is 10.9. The van der Waals surface area contributed by atoms with Gasteiger partial charge in [0.1, 0.15) is 0 Å². The first-order valence-corrected chi connectivity index (χ1v) is 4.46. The van der Waals surface area contributed by atoms with Crippen molar-refractivity contribution < 1.29 is 0 Å². The van der Waals surface area contributed by atoms with E-state index in [2.05, 4.69) is 25.7 Å². The molecule has 0 aromatic carbocycles. The molecule has 0 spiro atoms. The predicted molar refractivity (Wildman–Crippen MR) is 45.1 cm³/mol. The van der Waals surface area contributed by atoms with E-state index in [4.69, 9.17) is 0 Å². The molecule has 0 radical (unpaired) electrons. The number of likely N-dealkylation sites (tertiary alicyclic amines) is 1. The summed E-state index contributed by atoms with van der Waals surface area (Å²) in [6.07, 6.45) is 1.40. The quantitative estimate of drug-likeness (QED) is 0.540. The first-order chi connectivity index (χ1) is 4.74. The molecule has 1 fully saturated rings. The molecule has 1 nitrogen and oxygen atoms in total. The SMILES string of the molecule is CCN1CCC(C)C(C)C1. The standard InChI is InChI=1S/C9H19N/c1-4-10-6-5-8(2)9(3)7-10/h8-9H,4-7H2,1-3H3. The molecule has 1 heterocycles. The van der Waals surface area contributed by atoms with Crippen LogP contribution in [0.4, 0.5) is 0 Å². The van der Waals surface area contributed by atoms with Gasteiger partial charge in [0.15, 0.2) is 0 Å². The lowest BCUT2D eigenvalue weighted by molar-refractivity contribution is 0.145. The summed E-state index contributed by atoms with van der Waals surface area (Å²) in [5.74, 6) is 1.86. The highest BCUT2D eigenvalue weighted by atomic mass is 15.1. The second kappa shape index (κ2) is 3.38. The Labute approximate surface area is 64.4 Å². The maximum absolute atomic E-state index is 2.55. The number of piperidine rings is 1. The van der Waals surface area contributed by atoms with Crippen molar-refractivity contribution >= 4 is 0 Å². The predicted octanol–water partition coefficient (Wildman–Crippen LogP) is 1.98. The first kappa shape index (κ1) is 8.06. The lowest BCUT2D eigenvalue weighted by Gasteiger charge is -2.34. The summed E-state index contributed by atoms with van der Waals surface area (Å²) in [7, 11) is 0. The molecule has 0 N–H and O–H groups in total. The van der Waals surface area contributed by atoms with Gasteiger partial charge in [0, 0.05) is 6.54 Å². The van der Waals surface area contributed by atoms with Crippen LogP contribution in [-0.4, -0.2) is 24.5 Å². The molecule has 0 saturated carbocycles. The monoisotopic (exact) mass is 141 g/mol. The highest BCUT2D eigenvalue weighted by Crippen LogP contribution is 2.21. The fourth-order valence-corrected chi connectivity index (χ4v) is 1.64. The lowest BCUT2D eigenvalue weighted by Crippen LogP contribution is -2.37. The molecule has 60 valence electrons. The van der Waals surface area contributed by atoms with E-state index in [0.29, 0.717) is 0 Å². The first-order valence-electron chi connectivity index (χ1n) is 4.46. The van der Waals surface area contributed by atoms with Gasteiger partial charge >= 0.3 is 0 Å². The van der Waals surface area contributed by atoms with E-state index in [9.17, 15) is 0 Å². The van der Waals surface area contributed by atoms with Crippen molar-refractivity contribution in [3.8, 4) is 0 Å². The molecular weight excluding hydrogens is 122 g/mol. The van der Waals surface area contributed by atoms with Gasteiger partial charge < -0.3 is 4.90 Å². The van der Waals surface area contributed by atoms with Gasteiger partial charge in [-0.25, -0.2) is 0 Å². The van der Waals surface area contributed by atoms with E-state index >= 15 is 0 Å². The van der Waals surface area contributed by atoms with Crippen molar-refractivity contribution in [1.82, 2.24) is 4.90 Å². The summed E-state index contributed by atoms with van der Waals surface area (Å²) < 4.78 is 0. The molecule has 0 aliphatic carbocycles. The van der Waals surface area contributed by atoms with Crippen molar-refractivity contribution in [3.63, 3.8) is 0 Å². The highest BCUT2D eigenvalue weighted by molar-refractivity contribution is 4.73. The van der Waals surface area contributed by atoms with Gasteiger partial charge in [-0.3, -0.25) is 0 Å². The van der Waals surface area contributed by atoms with Gasteiger partial charge in [-0.05, 0) is 31.3 Å². The molecule has 1 heteroatoms.